The first-order valence-corrected chi connectivity index (χ1v) is 10.1. The van der Waals surface area contributed by atoms with Crippen molar-refractivity contribution in [3.8, 4) is 17.2 Å². The van der Waals surface area contributed by atoms with E-state index in [2.05, 4.69) is 25.3 Å². The minimum absolute atomic E-state index is 0. The minimum Gasteiger partial charge on any atom is -0.493 e. The summed E-state index contributed by atoms with van der Waals surface area (Å²) in [7, 11) is 2.58. The molecule has 0 aliphatic carbocycles. The zero-order chi connectivity index (χ0) is 21.3. The molecule has 0 amide bonds. The van der Waals surface area contributed by atoms with Crippen molar-refractivity contribution in [3.63, 3.8) is 0 Å². The molecule has 0 aliphatic heterocycles. The number of nitrogens with one attached hydrogen (secondary N) is 3. The third-order valence-electron chi connectivity index (χ3n) is 3.81. The number of hydrogen-bond acceptors (Lipinski definition) is 7. The first-order valence-electron chi connectivity index (χ1n) is 8.62. The highest BCUT2D eigenvalue weighted by atomic mass is 127. The van der Waals surface area contributed by atoms with Gasteiger partial charge in [-0.25, -0.2) is 13.1 Å². The Bertz CT molecular complexity index is 916. The number of sulfonamides is 1. The Morgan fingerprint density at radius 2 is 1.77 bits per heavy atom. The largest absolute Gasteiger partial charge is 0.493 e. The van der Waals surface area contributed by atoms with Gasteiger partial charge in [0, 0.05) is 50.4 Å². The van der Waals surface area contributed by atoms with Crippen LogP contribution in [0.3, 0.4) is 0 Å². The summed E-state index contributed by atoms with van der Waals surface area (Å²) in [6.45, 7) is 0.469. The molecule has 0 unspecified atom stereocenters. The quantitative estimate of drug-likeness (QED) is 0.186. The fourth-order valence-electron chi connectivity index (χ4n) is 2.42. The summed E-state index contributed by atoms with van der Waals surface area (Å²) in [6, 6.07) is 6.52. The maximum absolute atomic E-state index is 12.2. The van der Waals surface area contributed by atoms with Crippen LogP contribution >= 0.6 is 24.0 Å². The number of methoxy groups -OCH3 is 3. The molecule has 0 bridgehead atoms. The van der Waals surface area contributed by atoms with Gasteiger partial charge in [-0.1, -0.05) is 0 Å². The maximum Gasteiger partial charge on any atom is 0.242 e. The Kier molecular flexibility index (Phi) is 10.6. The van der Waals surface area contributed by atoms with Crippen LogP contribution in [0.4, 0.5) is 5.69 Å². The van der Waals surface area contributed by atoms with Crippen molar-refractivity contribution in [2.45, 2.75) is 4.90 Å². The summed E-state index contributed by atoms with van der Waals surface area (Å²) in [5, 5.41) is 6.12. The standard InChI is InChI=1S/C18H25N5O5S.HI/c1-19-18(21-8-9-22-29(24,25)14-6-5-7-20-12-14)23-13-10-15(26-2)17(28-4)16(11-13)27-3;/h5-7,10-12,22H,8-9H2,1-4H3,(H2,19,21,23);1H. The van der Waals surface area contributed by atoms with Crippen molar-refractivity contribution in [1.82, 2.24) is 15.0 Å². The number of rotatable bonds is 9. The second-order valence-electron chi connectivity index (χ2n) is 5.62. The lowest BCUT2D eigenvalue weighted by molar-refractivity contribution is 0.324. The van der Waals surface area contributed by atoms with Gasteiger partial charge < -0.3 is 24.8 Å². The Morgan fingerprint density at radius 3 is 2.27 bits per heavy atom. The first-order chi connectivity index (χ1) is 13.9. The molecule has 0 atom stereocenters. The van der Waals surface area contributed by atoms with E-state index >= 15 is 0 Å². The Morgan fingerprint density at radius 1 is 1.10 bits per heavy atom. The predicted octanol–water partition coefficient (Wildman–Crippen LogP) is 1.69. The monoisotopic (exact) mass is 551 g/mol. The van der Waals surface area contributed by atoms with E-state index in [0.717, 1.165) is 0 Å². The number of benzene rings is 1. The van der Waals surface area contributed by atoms with E-state index in [0.29, 0.717) is 35.4 Å². The molecule has 1 aromatic heterocycles. The molecular weight excluding hydrogens is 525 g/mol. The highest BCUT2D eigenvalue weighted by Crippen LogP contribution is 2.39. The van der Waals surface area contributed by atoms with Crippen LogP contribution in [-0.2, 0) is 10.0 Å². The average molecular weight is 551 g/mol. The van der Waals surface area contributed by atoms with Gasteiger partial charge in [-0.2, -0.15) is 0 Å². The average Bonchev–Trinajstić information content (AvgIpc) is 2.75. The number of hydrogen-bond donors (Lipinski definition) is 3. The topological polar surface area (TPSA) is 123 Å². The van der Waals surface area contributed by atoms with Crippen LogP contribution in [0.1, 0.15) is 0 Å². The van der Waals surface area contributed by atoms with Gasteiger partial charge in [0.1, 0.15) is 4.90 Å². The Balaban J connectivity index is 0.00000450. The zero-order valence-corrected chi connectivity index (χ0v) is 20.3. The van der Waals surface area contributed by atoms with E-state index in [1.54, 1.807) is 25.2 Å². The molecule has 1 heterocycles. The molecule has 12 heteroatoms. The molecule has 30 heavy (non-hydrogen) atoms. The number of pyridine rings is 1. The molecule has 0 saturated heterocycles. The molecule has 0 aliphatic rings. The highest BCUT2D eigenvalue weighted by molar-refractivity contribution is 14.0. The summed E-state index contributed by atoms with van der Waals surface area (Å²) in [4.78, 5) is 8.05. The van der Waals surface area contributed by atoms with E-state index in [4.69, 9.17) is 14.2 Å². The second kappa shape index (κ2) is 12.4. The molecule has 2 rings (SSSR count). The maximum atomic E-state index is 12.2. The van der Waals surface area contributed by atoms with Crippen molar-refractivity contribution >= 4 is 45.6 Å². The normalized spacial score (nSPS) is 11.3. The smallest absolute Gasteiger partial charge is 0.242 e. The summed E-state index contributed by atoms with van der Waals surface area (Å²) in [5.41, 5.74) is 0.656. The summed E-state index contributed by atoms with van der Waals surface area (Å²) in [5.74, 6) is 1.91. The van der Waals surface area contributed by atoms with Crippen LogP contribution in [0.2, 0.25) is 0 Å². The lowest BCUT2D eigenvalue weighted by atomic mass is 10.2. The van der Waals surface area contributed by atoms with Crippen LogP contribution in [0.5, 0.6) is 17.2 Å². The van der Waals surface area contributed by atoms with E-state index in [-0.39, 0.29) is 35.4 Å². The van der Waals surface area contributed by atoms with E-state index in [9.17, 15) is 8.42 Å². The van der Waals surface area contributed by atoms with Crippen LogP contribution < -0.4 is 29.6 Å². The number of halogens is 1. The van der Waals surface area contributed by atoms with Crippen LogP contribution in [0, 0.1) is 0 Å². The van der Waals surface area contributed by atoms with E-state index in [1.807, 2.05) is 0 Å². The van der Waals surface area contributed by atoms with Gasteiger partial charge in [0.05, 0.1) is 21.3 Å². The lowest BCUT2D eigenvalue weighted by Gasteiger charge is -2.16. The summed E-state index contributed by atoms with van der Waals surface area (Å²) >= 11 is 0. The van der Waals surface area contributed by atoms with Crippen molar-refractivity contribution < 1.29 is 22.6 Å². The molecule has 10 nitrogen and oxygen atoms in total. The molecule has 0 spiro atoms. The molecule has 0 saturated carbocycles. The third kappa shape index (κ3) is 6.88. The molecule has 2 aromatic rings. The van der Waals surface area contributed by atoms with Gasteiger partial charge in [0.15, 0.2) is 17.5 Å². The SMILES string of the molecule is CN=C(NCCNS(=O)(=O)c1cccnc1)Nc1cc(OC)c(OC)c(OC)c1.I. The van der Waals surface area contributed by atoms with Crippen LogP contribution in [0.25, 0.3) is 0 Å². The van der Waals surface area contributed by atoms with Gasteiger partial charge in [-0.15, -0.1) is 24.0 Å². The fraction of sp³-hybridized carbons (Fsp3) is 0.333. The predicted molar refractivity (Wildman–Crippen MR) is 126 cm³/mol. The molecule has 3 N–H and O–H groups in total. The van der Waals surface area contributed by atoms with Gasteiger partial charge in [-0.05, 0) is 12.1 Å². The van der Waals surface area contributed by atoms with Gasteiger partial charge in [-0.3, -0.25) is 9.98 Å². The molecule has 1 aromatic carbocycles. The van der Waals surface area contributed by atoms with Gasteiger partial charge in [0.25, 0.3) is 0 Å². The summed E-state index contributed by atoms with van der Waals surface area (Å²) < 4.78 is 42.8. The minimum atomic E-state index is -3.61. The van der Waals surface area contributed by atoms with Gasteiger partial charge >= 0.3 is 0 Å². The van der Waals surface area contributed by atoms with Crippen molar-refractivity contribution in [1.29, 1.82) is 0 Å². The molecule has 0 fully saturated rings. The zero-order valence-electron chi connectivity index (χ0n) is 17.1. The van der Waals surface area contributed by atoms with Crippen molar-refractivity contribution in [2.24, 2.45) is 4.99 Å². The molecular formula is C18H26IN5O5S. The fourth-order valence-corrected chi connectivity index (χ4v) is 3.42. The van der Waals surface area contributed by atoms with Gasteiger partial charge in [0.2, 0.25) is 15.8 Å². The lowest BCUT2D eigenvalue weighted by Crippen LogP contribution is -2.37. The Labute approximate surface area is 193 Å². The van der Waals surface area contributed by atoms with Crippen LogP contribution in [-0.4, -0.2) is 60.8 Å². The first kappa shape index (κ1) is 25.7. The van der Waals surface area contributed by atoms with Crippen LogP contribution in [0.15, 0.2) is 46.5 Å². The summed E-state index contributed by atoms with van der Waals surface area (Å²) in [6.07, 6.45) is 2.81. The number of nitrogens with zero attached hydrogens (tertiary/aromatic N) is 2. The van der Waals surface area contributed by atoms with E-state index < -0.39 is 10.0 Å². The number of aliphatic imine (C=N–C) groups is 1. The number of anilines is 1. The number of guanidine groups is 1. The molecule has 0 radical (unpaired) electrons. The number of aromatic nitrogens is 1. The van der Waals surface area contributed by atoms with E-state index in [1.165, 1.54) is 39.8 Å². The molecule has 166 valence electrons. The Hall–Kier alpha value is -2.32. The van der Waals surface area contributed by atoms with Crippen molar-refractivity contribution in [3.05, 3.63) is 36.7 Å². The highest BCUT2D eigenvalue weighted by Gasteiger charge is 2.15. The van der Waals surface area contributed by atoms with Crippen molar-refractivity contribution in [2.75, 3.05) is 46.8 Å². The third-order valence-corrected chi connectivity index (χ3v) is 5.25. The number of ether oxygens (including phenoxy) is 3. The second-order valence-corrected chi connectivity index (χ2v) is 7.39.